The molecular formula is C14H17BrFNO2. The fraction of sp³-hybridized carbons (Fsp3) is 0.500. The molecule has 1 aromatic rings. The van der Waals surface area contributed by atoms with E-state index >= 15 is 0 Å². The van der Waals surface area contributed by atoms with Crippen molar-refractivity contribution >= 4 is 21.9 Å². The van der Waals surface area contributed by atoms with E-state index in [4.69, 9.17) is 5.11 Å². The van der Waals surface area contributed by atoms with Crippen LogP contribution in [0.15, 0.2) is 22.7 Å². The van der Waals surface area contributed by atoms with Gasteiger partial charge in [0.1, 0.15) is 5.82 Å². The highest BCUT2D eigenvalue weighted by atomic mass is 79.9. The van der Waals surface area contributed by atoms with Crippen molar-refractivity contribution < 1.29 is 14.3 Å². The monoisotopic (exact) mass is 329 g/mol. The maximum atomic E-state index is 13.3. The maximum absolute atomic E-state index is 13.3. The minimum Gasteiger partial charge on any atom is -0.481 e. The lowest BCUT2D eigenvalue weighted by Crippen LogP contribution is -2.28. The van der Waals surface area contributed by atoms with Crippen molar-refractivity contribution in [2.45, 2.75) is 25.8 Å². The van der Waals surface area contributed by atoms with Gasteiger partial charge in [-0.25, -0.2) is 4.39 Å². The van der Waals surface area contributed by atoms with Crippen molar-refractivity contribution in [1.29, 1.82) is 0 Å². The number of benzene rings is 1. The van der Waals surface area contributed by atoms with Crippen LogP contribution < -0.4 is 5.32 Å². The van der Waals surface area contributed by atoms with Crippen LogP contribution in [0, 0.1) is 17.7 Å². The summed E-state index contributed by atoms with van der Waals surface area (Å²) < 4.78 is 13.8. The molecule has 0 heterocycles. The molecule has 1 aliphatic rings. The van der Waals surface area contributed by atoms with E-state index in [-0.39, 0.29) is 17.7 Å². The van der Waals surface area contributed by atoms with Crippen LogP contribution in [-0.4, -0.2) is 17.6 Å². The molecule has 1 aromatic carbocycles. The summed E-state index contributed by atoms with van der Waals surface area (Å²) in [6.45, 7) is 1.21. The van der Waals surface area contributed by atoms with Crippen LogP contribution in [-0.2, 0) is 11.3 Å². The van der Waals surface area contributed by atoms with Crippen molar-refractivity contribution in [2.75, 3.05) is 6.54 Å². The van der Waals surface area contributed by atoms with E-state index in [0.717, 1.165) is 24.8 Å². The van der Waals surface area contributed by atoms with E-state index in [1.54, 1.807) is 6.07 Å². The SMILES string of the molecule is O=C(O)C1CCCC1CNCc1cccc(F)c1Br. The molecule has 2 unspecified atom stereocenters. The third kappa shape index (κ3) is 3.54. The Hall–Kier alpha value is -0.940. The first-order valence-electron chi connectivity index (χ1n) is 6.46. The predicted molar refractivity (Wildman–Crippen MR) is 74.3 cm³/mol. The molecule has 0 saturated heterocycles. The lowest BCUT2D eigenvalue weighted by molar-refractivity contribution is -0.142. The van der Waals surface area contributed by atoms with Crippen molar-refractivity contribution in [2.24, 2.45) is 11.8 Å². The third-order valence-electron chi connectivity index (χ3n) is 3.73. The van der Waals surface area contributed by atoms with Crippen LogP contribution in [0.2, 0.25) is 0 Å². The van der Waals surface area contributed by atoms with Gasteiger partial charge >= 0.3 is 5.97 Å². The minimum absolute atomic E-state index is 0.185. The van der Waals surface area contributed by atoms with E-state index in [0.29, 0.717) is 17.6 Å². The number of carbonyl (C=O) groups is 1. The molecule has 3 nitrogen and oxygen atoms in total. The van der Waals surface area contributed by atoms with E-state index in [1.165, 1.54) is 6.07 Å². The van der Waals surface area contributed by atoms with Gasteiger partial charge in [0.15, 0.2) is 0 Å². The topological polar surface area (TPSA) is 49.3 Å². The number of hydrogen-bond acceptors (Lipinski definition) is 2. The average Bonchev–Trinajstić information content (AvgIpc) is 2.83. The highest BCUT2D eigenvalue weighted by Gasteiger charge is 2.32. The molecule has 2 rings (SSSR count). The minimum atomic E-state index is -0.698. The molecule has 0 spiro atoms. The first kappa shape index (κ1) is 14.5. The molecule has 5 heteroatoms. The van der Waals surface area contributed by atoms with Crippen LogP contribution in [0.25, 0.3) is 0 Å². The fourth-order valence-corrected chi connectivity index (χ4v) is 3.09. The first-order valence-corrected chi connectivity index (χ1v) is 7.25. The molecule has 0 bridgehead atoms. The number of aliphatic carboxylic acids is 1. The Morgan fingerprint density at radius 2 is 2.26 bits per heavy atom. The second kappa shape index (κ2) is 6.48. The number of nitrogens with one attached hydrogen (secondary N) is 1. The molecular weight excluding hydrogens is 313 g/mol. The number of carboxylic acids is 1. The smallest absolute Gasteiger partial charge is 0.306 e. The third-order valence-corrected chi connectivity index (χ3v) is 4.62. The molecule has 1 aliphatic carbocycles. The van der Waals surface area contributed by atoms with Gasteiger partial charge in [-0.1, -0.05) is 18.6 Å². The Kier molecular flexibility index (Phi) is 4.93. The van der Waals surface area contributed by atoms with Crippen molar-refractivity contribution in [3.8, 4) is 0 Å². The van der Waals surface area contributed by atoms with E-state index in [2.05, 4.69) is 21.2 Å². The molecule has 0 radical (unpaired) electrons. The molecule has 104 valence electrons. The largest absolute Gasteiger partial charge is 0.481 e. The quantitative estimate of drug-likeness (QED) is 0.872. The standard InChI is InChI=1S/C14H17BrFNO2/c15-13-10(4-2-6-12(13)16)8-17-7-9-3-1-5-11(9)14(18)19/h2,4,6,9,11,17H,1,3,5,7-8H2,(H,18,19). The number of halogens is 2. The molecule has 2 atom stereocenters. The van der Waals surface area contributed by atoms with Crippen LogP contribution in [0.4, 0.5) is 4.39 Å². The maximum Gasteiger partial charge on any atom is 0.306 e. The normalized spacial score (nSPS) is 22.6. The predicted octanol–water partition coefficient (Wildman–Crippen LogP) is 3.18. The van der Waals surface area contributed by atoms with Gasteiger partial charge in [0.2, 0.25) is 0 Å². The lowest BCUT2D eigenvalue weighted by Gasteiger charge is -2.16. The number of hydrogen-bond donors (Lipinski definition) is 2. The van der Waals surface area contributed by atoms with Gasteiger partial charge in [-0.05, 0) is 52.9 Å². The summed E-state index contributed by atoms with van der Waals surface area (Å²) in [6.07, 6.45) is 2.70. The summed E-state index contributed by atoms with van der Waals surface area (Å²) in [5, 5.41) is 12.3. The molecule has 19 heavy (non-hydrogen) atoms. The Labute approximate surface area is 120 Å². The Bertz CT molecular complexity index is 467. The summed E-state index contributed by atoms with van der Waals surface area (Å²) in [5.41, 5.74) is 0.852. The molecule has 0 aliphatic heterocycles. The molecule has 0 aromatic heterocycles. The highest BCUT2D eigenvalue weighted by molar-refractivity contribution is 9.10. The molecule has 1 saturated carbocycles. The Morgan fingerprint density at radius 1 is 1.47 bits per heavy atom. The first-order chi connectivity index (χ1) is 9.09. The van der Waals surface area contributed by atoms with Crippen LogP contribution >= 0.6 is 15.9 Å². The van der Waals surface area contributed by atoms with Gasteiger partial charge in [0, 0.05) is 6.54 Å². The lowest BCUT2D eigenvalue weighted by atomic mass is 9.96. The molecule has 0 amide bonds. The summed E-state index contributed by atoms with van der Waals surface area (Å²) in [5.74, 6) is -1.02. The average molecular weight is 330 g/mol. The number of rotatable bonds is 5. The second-order valence-corrected chi connectivity index (χ2v) is 5.77. The molecule has 1 fully saturated rings. The summed E-state index contributed by atoms with van der Waals surface area (Å²) in [7, 11) is 0. The van der Waals surface area contributed by atoms with Gasteiger partial charge in [0.05, 0.1) is 10.4 Å². The van der Waals surface area contributed by atoms with Crippen molar-refractivity contribution in [3.05, 3.63) is 34.1 Å². The fourth-order valence-electron chi connectivity index (χ4n) is 2.68. The Balaban J connectivity index is 1.86. The number of carboxylic acid groups (broad SMARTS) is 1. The molecule has 2 N–H and O–H groups in total. The zero-order valence-electron chi connectivity index (χ0n) is 10.5. The highest BCUT2D eigenvalue weighted by Crippen LogP contribution is 2.31. The van der Waals surface area contributed by atoms with E-state index in [9.17, 15) is 9.18 Å². The summed E-state index contributed by atoms with van der Waals surface area (Å²) >= 11 is 3.22. The zero-order chi connectivity index (χ0) is 13.8. The van der Waals surface area contributed by atoms with Gasteiger partial charge in [-0.15, -0.1) is 0 Å². The van der Waals surface area contributed by atoms with E-state index < -0.39 is 5.97 Å². The van der Waals surface area contributed by atoms with Gasteiger partial charge in [0.25, 0.3) is 0 Å². The van der Waals surface area contributed by atoms with Crippen LogP contribution in [0.3, 0.4) is 0 Å². The van der Waals surface area contributed by atoms with Gasteiger partial charge in [-0.3, -0.25) is 4.79 Å². The summed E-state index contributed by atoms with van der Waals surface area (Å²) in [4.78, 5) is 11.1. The Morgan fingerprint density at radius 3 is 3.00 bits per heavy atom. The van der Waals surface area contributed by atoms with E-state index in [1.807, 2.05) is 6.07 Å². The van der Waals surface area contributed by atoms with Gasteiger partial charge in [-0.2, -0.15) is 0 Å². The van der Waals surface area contributed by atoms with Crippen LogP contribution in [0.5, 0.6) is 0 Å². The summed E-state index contributed by atoms with van der Waals surface area (Å²) in [6, 6.07) is 4.93. The second-order valence-electron chi connectivity index (χ2n) is 4.98. The van der Waals surface area contributed by atoms with Crippen LogP contribution in [0.1, 0.15) is 24.8 Å². The zero-order valence-corrected chi connectivity index (χ0v) is 12.1. The van der Waals surface area contributed by atoms with Crippen molar-refractivity contribution in [1.82, 2.24) is 5.32 Å². The van der Waals surface area contributed by atoms with Gasteiger partial charge < -0.3 is 10.4 Å². The van der Waals surface area contributed by atoms with Crippen molar-refractivity contribution in [3.63, 3.8) is 0 Å².